The van der Waals surface area contributed by atoms with E-state index in [1.807, 2.05) is 21.1 Å². The van der Waals surface area contributed by atoms with E-state index in [9.17, 15) is 9.59 Å². The second-order valence-corrected chi connectivity index (χ2v) is 4.30. The highest BCUT2D eigenvalue weighted by Crippen LogP contribution is 2.04. The summed E-state index contributed by atoms with van der Waals surface area (Å²) in [5.41, 5.74) is 0. The van der Waals surface area contributed by atoms with Crippen molar-refractivity contribution in [3.63, 3.8) is 0 Å². The number of hydrogen-bond donors (Lipinski definition) is 1. The molecular formula is C9H18NO4+. The van der Waals surface area contributed by atoms with E-state index in [1.165, 1.54) is 6.92 Å². The molecule has 0 aliphatic carbocycles. The van der Waals surface area contributed by atoms with Crippen LogP contribution in [0.15, 0.2) is 0 Å². The van der Waals surface area contributed by atoms with Crippen LogP contribution in [0.5, 0.6) is 0 Å². The highest BCUT2D eigenvalue weighted by atomic mass is 16.5. The van der Waals surface area contributed by atoms with Gasteiger partial charge in [-0.25, -0.2) is 0 Å². The summed E-state index contributed by atoms with van der Waals surface area (Å²) in [5, 5.41) is 8.60. The maximum absolute atomic E-state index is 10.7. The summed E-state index contributed by atoms with van der Waals surface area (Å²) < 4.78 is 5.46. The molecule has 1 N–H and O–H groups in total. The average Bonchev–Trinajstić information content (AvgIpc) is 1.77. The molecule has 0 fully saturated rings. The van der Waals surface area contributed by atoms with Gasteiger partial charge in [0.05, 0.1) is 27.6 Å². The monoisotopic (exact) mass is 203 g/mol. The van der Waals surface area contributed by atoms with Crippen LogP contribution in [-0.2, 0) is 14.3 Å². The number of ether oxygens (including phenoxy) is 1. The molecule has 0 amide bonds. The molecule has 0 aliphatic rings. The van der Waals surface area contributed by atoms with Crippen molar-refractivity contribution >= 4 is 11.9 Å². The molecule has 5 heteroatoms. The van der Waals surface area contributed by atoms with Gasteiger partial charge in [-0.2, -0.15) is 0 Å². The van der Waals surface area contributed by atoms with Gasteiger partial charge in [-0.05, 0) is 0 Å². The topological polar surface area (TPSA) is 63.6 Å². The Morgan fingerprint density at radius 2 is 1.86 bits per heavy atom. The molecule has 0 aliphatic heterocycles. The predicted octanol–water partition coefficient (Wildman–Crippen LogP) is 0.0990. The summed E-state index contributed by atoms with van der Waals surface area (Å²) in [5.74, 6) is -1.39. The number of aliphatic carboxylic acids is 1. The second kappa shape index (κ2) is 4.95. The van der Waals surface area contributed by atoms with Gasteiger partial charge in [0.1, 0.15) is 6.54 Å². The van der Waals surface area contributed by atoms with Crippen LogP contribution >= 0.6 is 0 Å². The number of hydrogen-bond acceptors (Lipinski definition) is 3. The van der Waals surface area contributed by atoms with Crippen molar-refractivity contribution in [2.24, 2.45) is 0 Å². The zero-order chi connectivity index (χ0) is 11.4. The zero-order valence-corrected chi connectivity index (χ0v) is 9.11. The lowest BCUT2D eigenvalue weighted by Crippen LogP contribution is -2.43. The third-order valence-corrected chi connectivity index (χ3v) is 1.49. The highest BCUT2D eigenvalue weighted by molar-refractivity contribution is 5.69. The van der Waals surface area contributed by atoms with Crippen LogP contribution in [0.3, 0.4) is 0 Å². The lowest BCUT2D eigenvalue weighted by atomic mass is 10.2. The first-order chi connectivity index (χ1) is 6.20. The Bertz CT molecular complexity index is 203. The first-order valence-electron chi connectivity index (χ1n) is 4.40. The van der Waals surface area contributed by atoms with Gasteiger partial charge in [0, 0.05) is 6.92 Å². The molecule has 14 heavy (non-hydrogen) atoms. The van der Waals surface area contributed by atoms with E-state index in [0.717, 1.165) is 0 Å². The molecule has 82 valence electrons. The van der Waals surface area contributed by atoms with E-state index in [4.69, 9.17) is 9.84 Å². The SMILES string of the molecule is CC(=O)OC(CC(=O)O)C[N+](C)(C)[11CH3]. The number of likely N-dealkylation sites (N-methyl/N-ethyl adjacent to an activating group) is 1. The highest BCUT2D eigenvalue weighted by Gasteiger charge is 2.23. The van der Waals surface area contributed by atoms with Crippen LogP contribution in [0.4, 0.5) is 0 Å². The fourth-order valence-electron chi connectivity index (χ4n) is 1.18. The number of nitrogens with zero attached hydrogens (tertiary/aromatic N) is 1. The minimum atomic E-state index is -0.954. The Hall–Kier alpha value is -1.10. The van der Waals surface area contributed by atoms with Gasteiger partial charge in [-0.1, -0.05) is 0 Å². The Morgan fingerprint density at radius 3 is 2.14 bits per heavy atom. The normalized spacial score (nSPS) is 13.4. The van der Waals surface area contributed by atoms with Crippen molar-refractivity contribution in [1.29, 1.82) is 0 Å². The van der Waals surface area contributed by atoms with Gasteiger partial charge in [0.25, 0.3) is 0 Å². The van der Waals surface area contributed by atoms with Gasteiger partial charge < -0.3 is 14.3 Å². The molecule has 0 heterocycles. The molecule has 0 radical (unpaired) electrons. The Kier molecular flexibility index (Phi) is 4.56. The van der Waals surface area contributed by atoms with Crippen molar-refractivity contribution in [2.75, 3.05) is 27.7 Å². The number of esters is 1. The molecule has 0 saturated carbocycles. The van der Waals surface area contributed by atoms with Gasteiger partial charge in [0.2, 0.25) is 0 Å². The summed E-state index contributed by atoms with van der Waals surface area (Å²) in [6, 6.07) is 0. The molecule has 0 aromatic carbocycles. The van der Waals surface area contributed by atoms with Crippen molar-refractivity contribution in [3.05, 3.63) is 0 Å². The smallest absolute Gasteiger partial charge is 0.307 e. The fourth-order valence-corrected chi connectivity index (χ4v) is 1.18. The van der Waals surface area contributed by atoms with Crippen LogP contribution in [0.25, 0.3) is 0 Å². The van der Waals surface area contributed by atoms with E-state index in [-0.39, 0.29) is 6.42 Å². The molecule has 0 saturated heterocycles. The number of rotatable bonds is 5. The second-order valence-electron chi connectivity index (χ2n) is 4.30. The minimum absolute atomic E-state index is 0.144. The van der Waals surface area contributed by atoms with E-state index >= 15 is 0 Å². The number of quaternary nitrogens is 1. The van der Waals surface area contributed by atoms with Crippen LogP contribution in [0, 0.1) is 0 Å². The number of carbonyl (C=O) groups excluding carboxylic acids is 1. The summed E-state index contributed by atoms with van der Waals surface area (Å²) >= 11 is 0. The average molecular weight is 203 g/mol. The van der Waals surface area contributed by atoms with Crippen LogP contribution in [-0.4, -0.2) is 55.3 Å². The molecule has 1 atom stereocenters. The third kappa shape index (κ3) is 7.54. The van der Waals surface area contributed by atoms with Gasteiger partial charge in [-0.3, -0.25) is 9.59 Å². The minimum Gasteiger partial charge on any atom is -0.481 e. The summed E-state index contributed by atoms with van der Waals surface area (Å²) in [4.78, 5) is 21.2. The summed E-state index contributed by atoms with van der Waals surface area (Å²) in [6.45, 7) is 1.77. The Morgan fingerprint density at radius 1 is 1.36 bits per heavy atom. The number of carbonyl (C=O) groups is 2. The first-order valence-corrected chi connectivity index (χ1v) is 4.40. The van der Waals surface area contributed by atoms with Crippen molar-refractivity contribution in [3.8, 4) is 0 Å². The zero-order valence-electron chi connectivity index (χ0n) is 9.11. The van der Waals surface area contributed by atoms with E-state index in [0.29, 0.717) is 11.0 Å². The van der Waals surface area contributed by atoms with E-state index < -0.39 is 18.0 Å². The molecule has 0 aromatic heterocycles. The van der Waals surface area contributed by atoms with Crippen LogP contribution in [0.1, 0.15) is 13.3 Å². The Labute approximate surface area is 83.9 Å². The number of carboxylic acids is 1. The van der Waals surface area contributed by atoms with Crippen LogP contribution < -0.4 is 0 Å². The lowest BCUT2D eigenvalue weighted by Gasteiger charge is -2.28. The largest absolute Gasteiger partial charge is 0.481 e. The molecule has 0 spiro atoms. The molecule has 0 bridgehead atoms. The molecule has 5 nitrogen and oxygen atoms in total. The van der Waals surface area contributed by atoms with E-state index in [1.54, 1.807) is 0 Å². The van der Waals surface area contributed by atoms with Crippen molar-refractivity contribution in [1.82, 2.24) is 0 Å². The van der Waals surface area contributed by atoms with Gasteiger partial charge in [0.15, 0.2) is 6.10 Å². The maximum Gasteiger partial charge on any atom is 0.307 e. The predicted molar refractivity (Wildman–Crippen MR) is 50.7 cm³/mol. The third-order valence-electron chi connectivity index (χ3n) is 1.49. The van der Waals surface area contributed by atoms with Crippen LogP contribution in [0.2, 0.25) is 0 Å². The van der Waals surface area contributed by atoms with Gasteiger partial charge >= 0.3 is 11.9 Å². The van der Waals surface area contributed by atoms with Gasteiger partial charge in [-0.15, -0.1) is 0 Å². The van der Waals surface area contributed by atoms with E-state index in [2.05, 4.69) is 0 Å². The fraction of sp³-hybridized carbons (Fsp3) is 0.778. The molecular weight excluding hydrogens is 185 g/mol. The van der Waals surface area contributed by atoms with Crippen molar-refractivity contribution < 1.29 is 23.9 Å². The molecule has 0 aromatic rings. The molecule has 0 rings (SSSR count). The van der Waals surface area contributed by atoms with Crippen molar-refractivity contribution in [2.45, 2.75) is 19.4 Å². The summed E-state index contributed by atoms with van der Waals surface area (Å²) in [7, 11) is 5.75. The standard InChI is InChI=1S/C9H17NO4/c1-7(11)14-8(5-9(12)13)6-10(2,3)4/h8H,5-6H2,1-4H3/p+1/i2-1. The maximum atomic E-state index is 10.7. The molecule has 1 unspecified atom stereocenters. The number of carboxylic acid groups (broad SMARTS) is 1. The lowest BCUT2D eigenvalue weighted by molar-refractivity contribution is -0.873. The first kappa shape index (κ1) is 12.9. The Balaban J connectivity index is 4.24. The quantitative estimate of drug-likeness (QED) is 0.508. The summed E-state index contributed by atoms with van der Waals surface area (Å²) in [6.07, 6.45) is -0.695.